The Balaban J connectivity index is 1.96. The van der Waals surface area contributed by atoms with Crippen LogP contribution in [0.1, 0.15) is 40.2 Å². The molecule has 0 radical (unpaired) electrons. The Kier molecular flexibility index (Phi) is 2.79. The molecule has 0 saturated heterocycles. The van der Waals surface area contributed by atoms with Gasteiger partial charge in [-0.3, -0.25) is 4.79 Å². The maximum atomic E-state index is 10.5. The Morgan fingerprint density at radius 1 is 1.38 bits per heavy atom. The van der Waals surface area contributed by atoms with Gasteiger partial charge in [-0.25, -0.2) is 0 Å². The molecule has 2 heteroatoms. The maximum absolute atomic E-state index is 10.5. The molecule has 0 atom stereocenters. The van der Waals surface area contributed by atoms with Crippen LogP contribution in [-0.4, -0.2) is 6.29 Å². The summed E-state index contributed by atoms with van der Waals surface area (Å²) >= 11 is 1.65. The SMILES string of the molecule is O=Cc1ccc(CC2CCCC2)s1. The van der Waals surface area contributed by atoms with Crippen molar-refractivity contribution in [3.8, 4) is 0 Å². The minimum Gasteiger partial charge on any atom is -0.297 e. The first-order valence-electron chi connectivity index (χ1n) is 4.92. The molecule has 1 fully saturated rings. The van der Waals surface area contributed by atoms with Crippen LogP contribution >= 0.6 is 11.3 Å². The van der Waals surface area contributed by atoms with E-state index in [1.54, 1.807) is 11.3 Å². The van der Waals surface area contributed by atoms with Gasteiger partial charge in [0.05, 0.1) is 4.88 Å². The van der Waals surface area contributed by atoms with E-state index in [-0.39, 0.29) is 0 Å². The van der Waals surface area contributed by atoms with Crippen LogP contribution in [0.2, 0.25) is 0 Å². The van der Waals surface area contributed by atoms with Gasteiger partial charge in [-0.05, 0) is 24.5 Å². The van der Waals surface area contributed by atoms with Gasteiger partial charge < -0.3 is 0 Å². The van der Waals surface area contributed by atoms with Crippen molar-refractivity contribution in [1.82, 2.24) is 0 Å². The van der Waals surface area contributed by atoms with Gasteiger partial charge in [0.1, 0.15) is 0 Å². The molecule has 1 heterocycles. The fraction of sp³-hybridized carbons (Fsp3) is 0.545. The third-order valence-corrected chi connectivity index (χ3v) is 3.80. The topological polar surface area (TPSA) is 17.1 Å². The van der Waals surface area contributed by atoms with Crippen LogP contribution in [0.4, 0.5) is 0 Å². The zero-order valence-electron chi connectivity index (χ0n) is 7.66. The molecule has 0 amide bonds. The molecular formula is C11H14OS. The second kappa shape index (κ2) is 4.05. The molecule has 0 N–H and O–H groups in total. The molecule has 1 saturated carbocycles. The Labute approximate surface area is 82.8 Å². The molecule has 1 aromatic rings. The van der Waals surface area contributed by atoms with Crippen LogP contribution in [0.5, 0.6) is 0 Å². The number of carbonyl (C=O) groups excluding carboxylic acids is 1. The maximum Gasteiger partial charge on any atom is 0.160 e. The first-order chi connectivity index (χ1) is 6.38. The van der Waals surface area contributed by atoms with Gasteiger partial charge >= 0.3 is 0 Å². The van der Waals surface area contributed by atoms with Crippen LogP contribution < -0.4 is 0 Å². The van der Waals surface area contributed by atoms with E-state index < -0.39 is 0 Å². The number of hydrogen-bond donors (Lipinski definition) is 0. The highest BCUT2D eigenvalue weighted by Crippen LogP contribution is 2.29. The standard InChI is InChI=1S/C11H14OS/c12-8-11-6-5-10(13-11)7-9-3-1-2-4-9/h5-6,8-9H,1-4,7H2. The van der Waals surface area contributed by atoms with Gasteiger partial charge in [0.15, 0.2) is 6.29 Å². The zero-order chi connectivity index (χ0) is 9.10. The third kappa shape index (κ3) is 2.19. The Morgan fingerprint density at radius 3 is 2.77 bits per heavy atom. The molecule has 1 aromatic heterocycles. The van der Waals surface area contributed by atoms with Crippen molar-refractivity contribution in [2.45, 2.75) is 32.1 Å². The quantitative estimate of drug-likeness (QED) is 0.675. The fourth-order valence-electron chi connectivity index (χ4n) is 2.07. The molecular weight excluding hydrogens is 180 g/mol. The number of rotatable bonds is 3. The largest absolute Gasteiger partial charge is 0.297 e. The average Bonchev–Trinajstić information content (AvgIpc) is 2.76. The molecule has 1 aliphatic carbocycles. The van der Waals surface area contributed by atoms with Crippen LogP contribution in [-0.2, 0) is 6.42 Å². The lowest BCUT2D eigenvalue weighted by molar-refractivity contribution is 0.112. The smallest absolute Gasteiger partial charge is 0.160 e. The minimum atomic E-state index is 0.869. The highest BCUT2D eigenvalue weighted by Gasteiger charge is 2.15. The van der Waals surface area contributed by atoms with Crippen LogP contribution in [0.25, 0.3) is 0 Å². The van der Waals surface area contributed by atoms with Gasteiger partial charge in [0.2, 0.25) is 0 Å². The van der Waals surface area contributed by atoms with Crippen molar-refractivity contribution in [3.05, 3.63) is 21.9 Å². The van der Waals surface area contributed by atoms with Crippen molar-refractivity contribution < 1.29 is 4.79 Å². The van der Waals surface area contributed by atoms with E-state index in [0.717, 1.165) is 17.1 Å². The van der Waals surface area contributed by atoms with Gasteiger partial charge in [0, 0.05) is 4.88 Å². The predicted molar refractivity (Wildman–Crippen MR) is 55.4 cm³/mol. The normalized spacial score (nSPS) is 17.8. The number of hydrogen-bond acceptors (Lipinski definition) is 2. The molecule has 0 aliphatic heterocycles. The molecule has 2 rings (SSSR count). The van der Waals surface area contributed by atoms with E-state index in [4.69, 9.17) is 0 Å². The molecule has 70 valence electrons. The fourth-order valence-corrected chi connectivity index (χ4v) is 3.01. The summed E-state index contributed by atoms with van der Waals surface area (Å²) in [7, 11) is 0. The van der Waals surface area contributed by atoms with Gasteiger partial charge in [-0.15, -0.1) is 11.3 Å². The first-order valence-corrected chi connectivity index (χ1v) is 5.74. The summed E-state index contributed by atoms with van der Waals surface area (Å²) in [6, 6.07) is 4.04. The summed E-state index contributed by atoms with van der Waals surface area (Å²) in [4.78, 5) is 12.7. The lowest BCUT2D eigenvalue weighted by Crippen LogP contribution is -1.95. The summed E-state index contributed by atoms with van der Waals surface area (Å²) in [5.41, 5.74) is 0. The average molecular weight is 194 g/mol. The molecule has 1 aliphatic rings. The van der Waals surface area contributed by atoms with E-state index in [9.17, 15) is 4.79 Å². The van der Waals surface area contributed by atoms with Gasteiger partial charge in [-0.1, -0.05) is 25.7 Å². The molecule has 1 nitrogen and oxygen atoms in total. The lowest BCUT2D eigenvalue weighted by atomic mass is 10.0. The second-order valence-corrected chi connectivity index (χ2v) is 4.98. The Bertz CT molecular complexity index is 284. The highest BCUT2D eigenvalue weighted by molar-refractivity contribution is 7.13. The van der Waals surface area contributed by atoms with E-state index in [1.165, 1.54) is 37.0 Å². The van der Waals surface area contributed by atoms with E-state index in [2.05, 4.69) is 6.07 Å². The summed E-state index contributed by atoms with van der Waals surface area (Å²) in [6.45, 7) is 0. The van der Waals surface area contributed by atoms with E-state index in [0.29, 0.717) is 0 Å². The first kappa shape index (κ1) is 8.95. The third-order valence-electron chi connectivity index (χ3n) is 2.76. The van der Waals surface area contributed by atoms with Crippen molar-refractivity contribution in [1.29, 1.82) is 0 Å². The number of aldehydes is 1. The number of thiophene rings is 1. The Morgan fingerprint density at radius 2 is 2.15 bits per heavy atom. The van der Waals surface area contributed by atoms with Crippen molar-refractivity contribution >= 4 is 17.6 Å². The van der Waals surface area contributed by atoms with E-state index in [1.807, 2.05) is 6.07 Å². The second-order valence-electron chi connectivity index (χ2n) is 3.78. The van der Waals surface area contributed by atoms with Gasteiger partial charge in [-0.2, -0.15) is 0 Å². The predicted octanol–water partition coefficient (Wildman–Crippen LogP) is 3.29. The van der Waals surface area contributed by atoms with Crippen LogP contribution in [0.3, 0.4) is 0 Å². The highest BCUT2D eigenvalue weighted by atomic mass is 32.1. The summed E-state index contributed by atoms with van der Waals surface area (Å²) in [5.74, 6) is 0.887. The molecule has 0 aromatic carbocycles. The van der Waals surface area contributed by atoms with Crippen LogP contribution in [0, 0.1) is 5.92 Å². The number of carbonyl (C=O) groups is 1. The van der Waals surface area contributed by atoms with Crippen molar-refractivity contribution in [2.24, 2.45) is 5.92 Å². The summed E-state index contributed by atoms with van der Waals surface area (Å²) in [5, 5.41) is 0. The summed E-state index contributed by atoms with van der Waals surface area (Å²) in [6.07, 6.45) is 7.71. The minimum absolute atomic E-state index is 0.869. The van der Waals surface area contributed by atoms with Crippen LogP contribution in [0.15, 0.2) is 12.1 Å². The van der Waals surface area contributed by atoms with Crippen molar-refractivity contribution in [2.75, 3.05) is 0 Å². The monoisotopic (exact) mass is 194 g/mol. The van der Waals surface area contributed by atoms with Crippen molar-refractivity contribution in [3.63, 3.8) is 0 Å². The molecule has 0 spiro atoms. The zero-order valence-corrected chi connectivity index (χ0v) is 8.48. The van der Waals surface area contributed by atoms with Gasteiger partial charge in [0.25, 0.3) is 0 Å². The van der Waals surface area contributed by atoms with E-state index >= 15 is 0 Å². The lowest BCUT2D eigenvalue weighted by Gasteiger charge is -2.05. The Hall–Kier alpha value is -0.630. The summed E-state index contributed by atoms with van der Waals surface area (Å²) < 4.78 is 0. The molecule has 0 bridgehead atoms. The molecule has 13 heavy (non-hydrogen) atoms. The molecule has 0 unspecified atom stereocenters.